The lowest BCUT2D eigenvalue weighted by Crippen LogP contribution is -2.33. The fraction of sp³-hybridized carbons (Fsp3) is 1.00. The second-order valence-electron chi connectivity index (χ2n) is 4.81. The van der Waals surface area contributed by atoms with Gasteiger partial charge in [0.1, 0.15) is 0 Å². The Balaban J connectivity index is 1.76. The lowest BCUT2D eigenvalue weighted by Gasteiger charge is -2.25. The second-order valence-corrected chi connectivity index (χ2v) is 4.81. The van der Waals surface area contributed by atoms with E-state index in [0.717, 1.165) is 18.0 Å². The average molecular weight is 182 g/mol. The summed E-state index contributed by atoms with van der Waals surface area (Å²) in [7, 11) is 2.26. The van der Waals surface area contributed by atoms with Crippen LogP contribution in [0.15, 0.2) is 0 Å². The molecule has 0 aromatic rings. The smallest absolute Gasteiger partial charge is 0.0111 e. The molecular weight excluding hydrogens is 160 g/mol. The average Bonchev–Trinajstić information content (AvgIpc) is 2.65. The summed E-state index contributed by atoms with van der Waals surface area (Å²) in [6.07, 6.45) is 5.57. The van der Waals surface area contributed by atoms with E-state index in [1.54, 1.807) is 0 Å². The van der Waals surface area contributed by atoms with Crippen molar-refractivity contribution in [2.45, 2.75) is 44.7 Å². The van der Waals surface area contributed by atoms with Crippen LogP contribution in [-0.4, -0.2) is 37.1 Å². The van der Waals surface area contributed by atoms with Gasteiger partial charge in [0.2, 0.25) is 0 Å². The first-order chi connectivity index (χ1) is 6.29. The number of hydrogen-bond donors (Lipinski definition) is 1. The van der Waals surface area contributed by atoms with Gasteiger partial charge >= 0.3 is 0 Å². The lowest BCUT2D eigenvalue weighted by atomic mass is 9.89. The molecule has 0 radical (unpaired) electrons. The molecule has 13 heavy (non-hydrogen) atoms. The van der Waals surface area contributed by atoms with Crippen LogP contribution >= 0.6 is 0 Å². The third kappa shape index (κ3) is 2.05. The summed E-state index contributed by atoms with van der Waals surface area (Å²) in [5.74, 6) is 0.940. The summed E-state index contributed by atoms with van der Waals surface area (Å²) in [6, 6.07) is 1.72. The van der Waals surface area contributed by atoms with Crippen LogP contribution in [0.4, 0.5) is 0 Å². The van der Waals surface area contributed by atoms with Gasteiger partial charge < -0.3 is 10.2 Å². The van der Waals surface area contributed by atoms with Crippen molar-refractivity contribution in [3.05, 3.63) is 0 Å². The summed E-state index contributed by atoms with van der Waals surface area (Å²) >= 11 is 0. The summed E-state index contributed by atoms with van der Waals surface area (Å²) in [6.45, 7) is 4.82. The zero-order valence-corrected chi connectivity index (χ0v) is 8.92. The van der Waals surface area contributed by atoms with E-state index in [-0.39, 0.29) is 0 Å². The highest BCUT2D eigenvalue weighted by Gasteiger charge is 2.38. The molecule has 0 aromatic heterocycles. The molecule has 2 fully saturated rings. The number of rotatable bonds is 4. The third-order valence-corrected chi connectivity index (χ3v) is 3.58. The van der Waals surface area contributed by atoms with Crippen LogP contribution in [0.2, 0.25) is 0 Å². The molecule has 0 spiro atoms. The lowest BCUT2D eigenvalue weighted by molar-refractivity contribution is 0.249. The molecule has 2 nitrogen and oxygen atoms in total. The molecule has 3 atom stereocenters. The van der Waals surface area contributed by atoms with Gasteiger partial charge in [-0.1, -0.05) is 6.92 Å². The topological polar surface area (TPSA) is 15.3 Å². The van der Waals surface area contributed by atoms with Crippen LogP contribution in [0, 0.1) is 5.92 Å². The molecule has 2 heterocycles. The van der Waals surface area contributed by atoms with Gasteiger partial charge in [0.25, 0.3) is 0 Å². The third-order valence-electron chi connectivity index (χ3n) is 3.58. The SMILES string of the molecule is CCCN(C)CC1CC2CCC1N2. The molecule has 2 aliphatic rings. The minimum Gasteiger partial charge on any atom is -0.311 e. The molecular formula is C11H22N2. The molecule has 2 bridgehead atoms. The van der Waals surface area contributed by atoms with Crippen LogP contribution in [-0.2, 0) is 0 Å². The van der Waals surface area contributed by atoms with Crippen molar-refractivity contribution < 1.29 is 0 Å². The van der Waals surface area contributed by atoms with E-state index in [2.05, 4.69) is 24.2 Å². The molecule has 2 saturated heterocycles. The van der Waals surface area contributed by atoms with Crippen molar-refractivity contribution in [2.75, 3.05) is 20.1 Å². The molecule has 2 aliphatic heterocycles. The highest BCUT2D eigenvalue weighted by Crippen LogP contribution is 2.33. The monoisotopic (exact) mass is 182 g/mol. The second kappa shape index (κ2) is 3.97. The predicted molar refractivity (Wildman–Crippen MR) is 55.8 cm³/mol. The minimum absolute atomic E-state index is 0.851. The Kier molecular flexibility index (Phi) is 2.89. The van der Waals surface area contributed by atoms with Crippen molar-refractivity contribution in [3.63, 3.8) is 0 Å². The molecule has 2 heteroatoms. The van der Waals surface area contributed by atoms with Gasteiger partial charge in [-0.15, -0.1) is 0 Å². The summed E-state index contributed by atoms with van der Waals surface area (Å²) in [5, 5.41) is 3.70. The predicted octanol–water partition coefficient (Wildman–Crippen LogP) is 1.47. The van der Waals surface area contributed by atoms with Gasteiger partial charge in [0.05, 0.1) is 0 Å². The zero-order chi connectivity index (χ0) is 9.26. The minimum atomic E-state index is 0.851. The first kappa shape index (κ1) is 9.47. The van der Waals surface area contributed by atoms with Crippen LogP contribution in [0.3, 0.4) is 0 Å². The van der Waals surface area contributed by atoms with Crippen LogP contribution < -0.4 is 5.32 Å². The van der Waals surface area contributed by atoms with E-state index < -0.39 is 0 Å². The van der Waals surface area contributed by atoms with Gasteiger partial charge in [-0.3, -0.25) is 0 Å². The maximum Gasteiger partial charge on any atom is 0.0111 e. The van der Waals surface area contributed by atoms with E-state index >= 15 is 0 Å². The van der Waals surface area contributed by atoms with E-state index in [4.69, 9.17) is 0 Å². The molecule has 0 saturated carbocycles. The van der Waals surface area contributed by atoms with E-state index in [1.807, 2.05) is 0 Å². The highest BCUT2D eigenvalue weighted by atomic mass is 15.1. The molecule has 0 amide bonds. The van der Waals surface area contributed by atoms with Crippen molar-refractivity contribution in [3.8, 4) is 0 Å². The largest absolute Gasteiger partial charge is 0.311 e. The Bertz CT molecular complexity index is 169. The summed E-state index contributed by atoms with van der Waals surface area (Å²) in [5.41, 5.74) is 0. The maximum absolute atomic E-state index is 3.70. The fourth-order valence-electron chi connectivity index (χ4n) is 3.01. The van der Waals surface area contributed by atoms with Gasteiger partial charge in [0.15, 0.2) is 0 Å². The molecule has 76 valence electrons. The summed E-state index contributed by atoms with van der Waals surface area (Å²) in [4.78, 5) is 2.49. The van der Waals surface area contributed by atoms with Crippen LogP contribution in [0.1, 0.15) is 32.6 Å². The Labute approximate surface area is 81.7 Å². The maximum atomic E-state index is 3.70. The first-order valence-corrected chi connectivity index (χ1v) is 5.74. The molecule has 0 aromatic carbocycles. The highest BCUT2D eigenvalue weighted by molar-refractivity contribution is 4.97. The quantitative estimate of drug-likeness (QED) is 0.708. The number of nitrogens with one attached hydrogen (secondary N) is 1. The Morgan fingerprint density at radius 3 is 2.77 bits per heavy atom. The van der Waals surface area contributed by atoms with Crippen molar-refractivity contribution in [1.82, 2.24) is 10.2 Å². The number of nitrogens with zero attached hydrogens (tertiary/aromatic N) is 1. The van der Waals surface area contributed by atoms with Gasteiger partial charge in [-0.05, 0) is 45.2 Å². The van der Waals surface area contributed by atoms with Crippen molar-refractivity contribution >= 4 is 0 Å². The molecule has 1 N–H and O–H groups in total. The van der Waals surface area contributed by atoms with Crippen LogP contribution in [0.5, 0.6) is 0 Å². The zero-order valence-electron chi connectivity index (χ0n) is 8.92. The Hall–Kier alpha value is -0.0800. The fourth-order valence-corrected chi connectivity index (χ4v) is 3.01. The Morgan fingerprint density at radius 1 is 1.38 bits per heavy atom. The molecule has 2 rings (SSSR count). The van der Waals surface area contributed by atoms with E-state index in [1.165, 1.54) is 38.8 Å². The summed E-state index contributed by atoms with van der Waals surface area (Å²) < 4.78 is 0. The van der Waals surface area contributed by atoms with E-state index in [0.29, 0.717) is 0 Å². The van der Waals surface area contributed by atoms with Gasteiger partial charge in [-0.2, -0.15) is 0 Å². The van der Waals surface area contributed by atoms with Crippen molar-refractivity contribution in [1.29, 1.82) is 0 Å². The van der Waals surface area contributed by atoms with Crippen LogP contribution in [0.25, 0.3) is 0 Å². The van der Waals surface area contributed by atoms with E-state index in [9.17, 15) is 0 Å². The standard InChI is InChI=1S/C11H22N2/c1-3-6-13(2)8-9-7-10-4-5-11(9)12-10/h9-12H,3-8H2,1-2H3. The first-order valence-electron chi connectivity index (χ1n) is 5.74. The number of fused-ring (bicyclic) bond motifs is 2. The van der Waals surface area contributed by atoms with Gasteiger partial charge in [-0.25, -0.2) is 0 Å². The van der Waals surface area contributed by atoms with Gasteiger partial charge in [0, 0.05) is 18.6 Å². The molecule has 0 aliphatic carbocycles. The molecule has 3 unspecified atom stereocenters. The Morgan fingerprint density at radius 2 is 2.23 bits per heavy atom. The number of hydrogen-bond acceptors (Lipinski definition) is 2. The van der Waals surface area contributed by atoms with Crippen molar-refractivity contribution in [2.24, 2.45) is 5.92 Å². The normalized spacial score (nSPS) is 37.6.